The van der Waals surface area contributed by atoms with E-state index in [9.17, 15) is 13.2 Å². The molecule has 0 aliphatic heterocycles. The van der Waals surface area contributed by atoms with Crippen LogP contribution >= 0.6 is 0 Å². The van der Waals surface area contributed by atoms with Crippen molar-refractivity contribution < 1.29 is 22.6 Å². The van der Waals surface area contributed by atoms with Crippen molar-refractivity contribution in [2.24, 2.45) is 5.73 Å². The van der Waals surface area contributed by atoms with Crippen molar-refractivity contribution in [3.63, 3.8) is 0 Å². The molecule has 0 fully saturated rings. The van der Waals surface area contributed by atoms with E-state index in [4.69, 9.17) is 10.5 Å². The van der Waals surface area contributed by atoms with Crippen LogP contribution in [-0.4, -0.2) is 38.1 Å². The summed E-state index contributed by atoms with van der Waals surface area (Å²) in [6.45, 7) is 3.07. The van der Waals surface area contributed by atoms with Crippen LogP contribution in [-0.2, 0) is 9.47 Å². The van der Waals surface area contributed by atoms with Crippen LogP contribution in [0.2, 0.25) is 0 Å². The maximum absolute atomic E-state index is 11.7. The van der Waals surface area contributed by atoms with E-state index in [0.29, 0.717) is 6.54 Å². The first-order valence-corrected chi connectivity index (χ1v) is 5.37. The van der Waals surface area contributed by atoms with Crippen LogP contribution in [0, 0.1) is 0 Å². The van der Waals surface area contributed by atoms with E-state index < -0.39 is 18.4 Å². The number of nitrogens with two attached hydrogens (primary N) is 1. The smallest absolute Gasteiger partial charge is 0.371 e. The Balaban J connectivity index is 3.71. The lowest BCUT2D eigenvalue weighted by molar-refractivity contribution is -0.179. The molecule has 0 aromatic carbocycles. The van der Waals surface area contributed by atoms with Gasteiger partial charge in [-0.15, -0.1) is 0 Å². The summed E-state index contributed by atoms with van der Waals surface area (Å²) in [5, 5.41) is 0. The zero-order valence-electron chi connectivity index (χ0n) is 9.77. The third-order valence-corrected chi connectivity index (χ3v) is 2.56. The number of hydrogen-bond donors (Lipinski definition) is 1. The van der Waals surface area contributed by atoms with E-state index >= 15 is 0 Å². The molecule has 2 N–H and O–H groups in total. The number of alkyl halides is 3. The fraction of sp³-hybridized carbons (Fsp3) is 1.00. The van der Waals surface area contributed by atoms with Crippen molar-refractivity contribution in [2.45, 2.75) is 38.5 Å². The van der Waals surface area contributed by atoms with Crippen LogP contribution in [0.5, 0.6) is 0 Å². The summed E-state index contributed by atoms with van der Waals surface area (Å²) in [6.07, 6.45) is -2.81. The normalized spacial score (nSPS) is 13.1. The maximum Gasteiger partial charge on any atom is 0.411 e. The fourth-order valence-corrected chi connectivity index (χ4v) is 1.31. The van der Waals surface area contributed by atoms with Crippen molar-refractivity contribution in [3.05, 3.63) is 0 Å². The Morgan fingerprint density at radius 2 is 1.62 bits per heavy atom. The highest BCUT2D eigenvalue weighted by Gasteiger charge is 2.28. The molecule has 0 aliphatic carbocycles. The molecule has 0 saturated heterocycles. The summed E-state index contributed by atoms with van der Waals surface area (Å²) in [4.78, 5) is 0. The first-order valence-electron chi connectivity index (χ1n) is 5.37. The van der Waals surface area contributed by atoms with Crippen molar-refractivity contribution >= 4 is 0 Å². The molecule has 98 valence electrons. The van der Waals surface area contributed by atoms with Gasteiger partial charge >= 0.3 is 6.18 Å². The minimum atomic E-state index is -4.28. The van der Waals surface area contributed by atoms with Crippen LogP contribution in [0.4, 0.5) is 13.2 Å². The van der Waals surface area contributed by atoms with E-state index in [2.05, 4.69) is 4.74 Å². The zero-order valence-corrected chi connectivity index (χ0v) is 9.77. The van der Waals surface area contributed by atoms with Gasteiger partial charge in [0.15, 0.2) is 0 Å². The highest BCUT2D eigenvalue weighted by atomic mass is 19.4. The molecule has 0 bridgehead atoms. The molecule has 0 heterocycles. The summed E-state index contributed by atoms with van der Waals surface area (Å²) in [7, 11) is 0. The summed E-state index contributed by atoms with van der Waals surface area (Å²) < 4.78 is 45.1. The molecule has 0 aromatic rings. The van der Waals surface area contributed by atoms with Gasteiger partial charge in [-0.25, -0.2) is 0 Å². The molecule has 0 saturated carbocycles. The standard InChI is InChI=1S/C10H20F3NO2/c1-3-9(4-2,7-14)16-6-5-15-8-10(11,12)13/h3-8,14H2,1-2H3. The van der Waals surface area contributed by atoms with Crippen molar-refractivity contribution in [1.82, 2.24) is 0 Å². The Labute approximate surface area is 94.1 Å². The van der Waals surface area contributed by atoms with Gasteiger partial charge in [0.25, 0.3) is 0 Å². The molecule has 0 radical (unpaired) electrons. The van der Waals surface area contributed by atoms with E-state index in [1.54, 1.807) is 0 Å². The van der Waals surface area contributed by atoms with Gasteiger partial charge in [0.05, 0.1) is 18.8 Å². The summed E-state index contributed by atoms with van der Waals surface area (Å²) in [5.41, 5.74) is 5.14. The SMILES string of the molecule is CCC(CC)(CN)OCCOCC(F)(F)F. The lowest BCUT2D eigenvalue weighted by Gasteiger charge is -2.30. The second kappa shape index (κ2) is 7.09. The van der Waals surface area contributed by atoms with Crippen LogP contribution in [0.25, 0.3) is 0 Å². The molecule has 16 heavy (non-hydrogen) atoms. The largest absolute Gasteiger partial charge is 0.411 e. The minimum absolute atomic E-state index is 0.0682. The Morgan fingerprint density at radius 3 is 2.00 bits per heavy atom. The van der Waals surface area contributed by atoms with Crippen LogP contribution in [0.1, 0.15) is 26.7 Å². The van der Waals surface area contributed by atoms with Crippen LogP contribution < -0.4 is 5.73 Å². The van der Waals surface area contributed by atoms with Crippen molar-refractivity contribution in [2.75, 3.05) is 26.4 Å². The molecule has 0 spiro atoms. The van der Waals surface area contributed by atoms with E-state index in [-0.39, 0.29) is 13.2 Å². The zero-order chi connectivity index (χ0) is 12.7. The maximum atomic E-state index is 11.7. The molecule has 3 nitrogen and oxygen atoms in total. The van der Waals surface area contributed by atoms with E-state index in [0.717, 1.165) is 12.8 Å². The van der Waals surface area contributed by atoms with Gasteiger partial charge in [-0.05, 0) is 12.8 Å². The molecule has 0 amide bonds. The first-order chi connectivity index (χ1) is 7.39. The highest BCUT2D eigenvalue weighted by Crippen LogP contribution is 2.19. The van der Waals surface area contributed by atoms with Gasteiger partial charge in [0.1, 0.15) is 6.61 Å². The van der Waals surface area contributed by atoms with Gasteiger partial charge in [-0.1, -0.05) is 13.8 Å². The first kappa shape index (κ1) is 15.7. The third-order valence-electron chi connectivity index (χ3n) is 2.56. The van der Waals surface area contributed by atoms with Gasteiger partial charge in [0, 0.05) is 6.54 Å². The topological polar surface area (TPSA) is 44.5 Å². The molecule has 0 aliphatic rings. The van der Waals surface area contributed by atoms with Crippen LogP contribution in [0.3, 0.4) is 0 Å². The Bertz CT molecular complexity index is 173. The van der Waals surface area contributed by atoms with Crippen molar-refractivity contribution in [3.8, 4) is 0 Å². The molecular formula is C10H20F3NO2. The number of hydrogen-bond acceptors (Lipinski definition) is 3. The Morgan fingerprint density at radius 1 is 1.06 bits per heavy atom. The van der Waals surface area contributed by atoms with E-state index in [1.165, 1.54) is 0 Å². The monoisotopic (exact) mass is 243 g/mol. The lowest BCUT2D eigenvalue weighted by Crippen LogP contribution is -2.40. The molecule has 6 heteroatoms. The van der Waals surface area contributed by atoms with Gasteiger partial charge in [-0.3, -0.25) is 0 Å². The summed E-state index contributed by atoms with van der Waals surface area (Å²) in [6, 6.07) is 0. The number of rotatable bonds is 8. The highest BCUT2D eigenvalue weighted by molar-refractivity contribution is 4.78. The number of ether oxygens (including phenoxy) is 2. The second-order valence-corrected chi connectivity index (χ2v) is 3.61. The molecule has 0 atom stereocenters. The predicted octanol–water partition coefficient (Wildman–Crippen LogP) is 2.10. The summed E-state index contributed by atoms with van der Waals surface area (Å²) >= 11 is 0. The minimum Gasteiger partial charge on any atom is -0.371 e. The lowest BCUT2D eigenvalue weighted by atomic mass is 9.97. The molecular weight excluding hydrogens is 223 g/mol. The van der Waals surface area contributed by atoms with Crippen LogP contribution in [0.15, 0.2) is 0 Å². The Kier molecular flexibility index (Phi) is 6.94. The second-order valence-electron chi connectivity index (χ2n) is 3.61. The Hall–Kier alpha value is -0.330. The summed E-state index contributed by atoms with van der Waals surface area (Å²) in [5.74, 6) is 0. The van der Waals surface area contributed by atoms with Gasteiger partial charge in [0.2, 0.25) is 0 Å². The average molecular weight is 243 g/mol. The fourth-order valence-electron chi connectivity index (χ4n) is 1.31. The van der Waals surface area contributed by atoms with Gasteiger partial charge in [-0.2, -0.15) is 13.2 Å². The molecule has 0 aromatic heterocycles. The van der Waals surface area contributed by atoms with Gasteiger partial charge < -0.3 is 15.2 Å². The third kappa shape index (κ3) is 6.30. The molecule has 0 unspecified atom stereocenters. The molecule has 0 rings (SSSR count). The van der Waals surface area contributed by atoms with E-state index in [1.807, 2.05) is 13.8 Å². The average Bonchev–Trinajstić information content (AvgIpc) is 2.23. The predicted molar refractivity (Wildman–Crippen MR) is 55.2 cm³/mol. The number of halogens is 3. The van der Waals surface area contributed by atoms with Crippen molar-refractivity contribution in [1.29, 1.82) is 0 Å². The quantitative estimate of drug-likeness (QED) is 0.664.